The number of hydrogen-bond acceptors (Lipinski definition) is 1. The van der Waals surface area contributed by atoms with Crippen LogP contribution in [0.15, 0.2) is 24.3 Å². The highest BCUT2D eigenvalue weighted by molar-refractivity contribution is 5.83. The molecule has 0 unspecified atom stereocenters. The normalized spacial score (nSPS) is 23.9. The number of benzene rings is 1. The molecule has 0 N–H and O–H groups in total. The second-order valence-electron chi connectivity index (χ2n) is 5.40. The molecule has 0 aromatic heterocycles. The van der Waals surface area contributed by atoms with Crippen molar-refractivity contribution in [2.24, 2.45) is 11.8 Å². The van der Waals surface area contributed by atoms with Crippen LogP contribution >= 0.6 is 0 Å². The second-order valence-corrected chi connectivity index (χ2v) is 5.40. The summed E-state index contributed by atoms with van der Waals surface area (Å²) in [5.74, 6) is 1.05. The number of halogens is 1. The van der Waals surface area contributed by atoms with Gasteiger partial charge in [-0.05, 0) is 49.3 Å². The molecule has 18 heavy (non-hydrogen) atoms. The number of carbonyl (C=O) groups is 1. The van der Waals surface area contributed by atoms with Crippen molar-refractivity contribution in [2.75, 3.05) is 0 Å². The Bertz CT molecular complexity index is 405. The minimum Gasteiger partial charge on any atom is -0.299 e. The fraction of sp³-hybridized carbons (Fsp3) is 0.562. The quantitative estimate of drug-likeness (QED) is 0.782. The van der Waals surface area contributed by atoms with E-state index in [1.165, 1.54) is 31.4 Å². The van der Waals surface area contributed by atoms with Crippen LogP contribution in [0.1, 0.15) is 44.6 Å². The van der Waals surface area contributed by atoms with E-state index < -0.39 is 0 Å². The maximum atomic E-state index is 13.0. The summed E-state index contributed by atoms with van der Waals surface area (Å²) < 4.78 is 13.0. The molecule has 2 heteroatoms. The lowest BCUT2D eigenvalue weighted by Crippen LogP contribution is -2.23. The van der Waals surface area contributed by atoms with E-state index in [4.69, 9.17) is 0 Å². The van der Waals surface area contributed by atoms with Crippen molar-refractivity contribution in [3.63, 3.8) is 0 Å². The zero-order chi connectivity index (χ0) is 13.0. The van der Waals surface area contributed by atoms with Gasteiger partial charge in [-0.3, -0.25) is 4.79 Å². The van der Waals surface area contributed by atoms with E-state index in [0.29, 0.717) is 6.42 Å². The average Bonchev–Trinajstić information content (AvgIpc) is 2.39. The Kier molecular flexibility index (Phi) is 4.51. The van der Waals surface area contributed by atoms with Crippen molar-refractivity contribution >= 4 is 5.78 Å². The number of Topliss-reactive ketones (excluding diaryl/α,β-unsaturated/α-hetero) is 1. The van der Waals surface area contributed by atoms with Gasteiger partial charge in [0.2, 0.25) is 0 Å². The number of hydrogen-bond donors (Lipinski definition) is 0. The molecular formula is C16H21FO. The Hall–Kier alpha value is -1.18. The van der Waals surface area contributed by atoms with Gasteiger partial charge in [0.15, 0.2) is 0 Å². The van der Waals surface area contributed by atoms with Gasteiger partial charge in [0.25, 0.3) is 0 Å². The minimum absolute atomic E-state index is 0.205. The van der Waals surface area contributed by atoms with Crippen LogP contribution in [0.3, 0.4) is 0 Å². The van der Waals surface area contributed by atoms with Crippen molar-refractivity contribution in [2.45, 2.75) is 45.4 Å². The van der Waals surface area contributed by atoms with Gasteiger partial charge < -0.3 is 0 Å². The maximum absolute atomic E-state index is 13.0. The van der Waals surface area contributed by atoms with Gasteiger partial charge in [-0.25, -0.2) is 4.39 Å². The summed E-state index contributed by atoms with van der Waals surface area (Å²) in [6.07, 6.45) is 6.01. The van der Waals surface area contributed by atoms with Crippen LogP contribution in [0, 0.1) is 17.7 Å². The monoisotopic (exact) mass is 248 g/mol. The van der Waals surface area contributed by atoms with Crippen molar-refractivity contribution < 1.29 is 9.18 Å². The smallest absolute Gasteiger partial charge is 0.140 e. The van der Waals surface area contributed by atoms with E-state index in [0.717, 1.165) is 24.3 Å². The first-order valence-corrected chi connectivity index (χ1v) is 6.96. The predicted octanol–water partition coefficient (Wildman–Crippen LogP) is 4.15. The SMILES string of the molecule is CCC1CCC(C(=O)Cc2cccc(F)c2)CC1. The van der Waals surface area contributed by atoms with Crippen molar-refractivity contribution in [1.29, 1.82) is 0 Å². The average molecular weight is 248 g/mol. The highest BCUT2D eigenvalue weighted by Crippen LogP contribution is 2.31. The third-order valence-corrected chi connectivity index (χ3v) is 4.15. The van der Waals surface area contributed by atoms with E-state index in [1.54, 1.807) is 6.07 Å². The predicted molar refractivity (Wildman–Crippen MR) is 70.9 cm³/mol. The summed E-state index contributed by atoms with van der Waals surface area (Å²) in [6, 6.07) is 6.39. The van der Waals surface area contributed by atoms with Crippen molar-refractivity contribution in [3.8, 4) is 0 Å². The van der Waals surface area contributed by atoms with Gasteiger partial charge in [0, 0.05) is 12.3 Å². The van der Waals surface area contributed by atoms with Crippen molar-refractivity contribution in [3.05, 3.63) is 35.6 Å². The van der Waals surface area contributed by atoms with Crippen LogP contribution in [0.4, 0.5) is 4.39 Å². The van der Waals surface area contributed by atoms with E-state index in [9.17, 15) is 9.18 Å². The van der Waals surface area contributed by atoms with Gasteiger partial charge in [-0.15, -0.1) is 0 Å². The first kappa shape index (κ1) is 13.3. The van der Waals surface area contributed by atoms with Crippen LogP contribution < -0.4 is 0 Å². The summed E-state index contributed by atoms with van der Waals surface area (Å²) in [5.41, 5.74) is 0.803. The molecule has 0 aliphatic heterocycles. The lowest BCUT2D eigenvalue weighted by molar-refractivity contribution is -0.123. The molecule has 0 radical (unpaired) electrons. The number of carbonyl (C=O) groups excluding carboxylic acids is 1. The molecule has 0 bridgehead atoms. The molecule has 0 heterocycles. The fourth-order valence-electron chi connectivity index (χ4n) is 2.89. The summed E-state index contributed by atoms with van der Waals surface area (Å²) in [6.45, 7) is 2.22. The second kappa shape index (κ2) is 6.12. The van der Waals surface area contributed by atoms with Gasteiger partial charge >= 0.3 is 0 Å². The third kappa shape index (κ3) is 3.41. The van der Waals surface area contributed by atoms with Crippen LogP contribution in [-0.4, -0.2) is 5.78 Å². The maximum Gasteiger partial charge on any atom is 0.140 e. The molecule has 1 aromatic carbocycles. The molecule has 1 aliphatic rings. The molecule has 1 aromatic rings. The molecule has 0 amide bonds. The highest BCUT2D eigenvalue weighted by Gasteiger charge is 2.25. The molecule has 1 nitrogen and oxygen atoms in total. The standard InChI is InChI=1S/C16H21FO/c1-2-12-6-8-14(9-7-12)16(18)11-13-4-3-5-15(17)10-13/h3-5,10,12,14H,2,6-9,11H2,1H3. The summed E-state index contributed by atoms with van der Waals surface area (Å²) >= 11 is 0. The molecule has 0 spiro atoms. The van der Waals surface area contributed by atoms with Gasteiger partial charge in [0.05, 0.1) is 0 Å². The molecule has 2 rings (SSSR count). The van der Waals surface area contributed by atoms with Crippen LogP contribution in [0.2, 0.25) is 0 Å². The van der Waals surface area contributed by atoms with Crippen LogP contribution in [0.25, 0.3) is 0 Å². The Morgan fingerprint density at radius 2 is 2.00 bits per heavy atom. The lowest BCUT2D eigenvalue weighted by atomic mass is 9.78. The Morgan fingerprint density at radius 3 is 2.61 bits per heavy atom. The zero-order valence-corrected chi connectivity index (χ0v) is 11.0. The Balaban J connectivity index is 1.89. The highest BCUT2D eigenvalue weighted by atomic mass is 19.1. The van der Waals surface area contributed by atoms with Gasteiger partial charge in [0.1, 0.15) is 11.6 Å². The third-order valence-electron chi connectivity index (χ3n) is 4.15. The fourth-order valence-corrected chi connectivity index (χ4v) is 2.89. The Labute approximate surface area is 108 Å². The van der Waals surface area contributed by atoms with Gasteiger partial charge in [-0.1, -0.05) is 25.5 Å². The van der Waals surface area contributed by atoms with E-state index in [1.807, 2.05) is 6.07 Å². The molecular weight excluding hydrogens is 227 g/mol. The largest absolute Gasteiger partial charge is 0.299 e. The molecule has 1 aliphatic carbocycles. The van der Waals surface area contributed by atoms with Crippen LogP contribution in [0.5, 0.6) is 0 Å². The lowest BCUT2D eigenvalue weighted by Gasteiger charge is -2.26. The molecule has 1 fully saturated rings. The minimum atomic E-state index is -0.255. The van der Waals surface area contributed by atoms with E-state index in [2.05, 4.69) is 6.92 Å². The Morgan fingerprint density at radius 1 is 1.28 bits per heavy atom. The summed E-state index contributed by atoms with van der Waals surface area (Å²) in [5, 5.41) is 0. The van der Waals surface area contributed by atoms with Crippen molar-refractivity contribution in [1.82, 2.24) is 0 Å². The molecule has 0 atom stereocenters. The number of rotatable bonds is 4. The summed E-state index contributed by atoms with van der Waals surface area (Å²) in [4.78, 5) is 12.2. The van der Waals surface area contributed by atoms with Crippen LogP contribution in [-0.2, 0) is 11.2 Å². The van der Waals surface area contributed by atoms with E-state index in [-0.39, 0.29) is 17.5 Å². The van der Waals surface area contributed by atoms with Gasteiger partial charge in [-0.2, -0.15) is 0 Å². The molecule has 1 saturated carbocycles. The summed E-state index contributed by atoms with van der Waals surface area (Å²) in [7, 11) is 0. The first-order chi connectivity index (χ1) is 8.69. The van der Waals surface area contributed by atoms with E-state index >= 15 is 0 Å². The number of ketones is 1. The molecule has 98 valence electrons. The first-order valence-electron chi connectivity index (χ1n) is 6.96. The topological polar surface area (TPSA) is 17.1 Å². The zero-order valence-electron chi connectivity index (χ0n) is 11.0. The molecule has 0 saturated heterocycles.